The van der Waals surface area contributed by atoms with Gasteiger partial charge in [-0.2, -0.15) is 11.8 Å². The van der Waals surface area contributed by atoms with Crippen LogP contribution in [-0.2, 0) is 4.74 Å². The first-order valence-corrected chi connectivity index (χ1v) is 7.54. The van der Waals surface area contributed by atoms with Gasteiger partial charge in [0.25, 0.3) is 0 Å². The van der Waals surface area contributed by atoms with Crippen LogP contribution in [-0.4, -0.2) is 48.1 Å². The average Bonchev–Trinajstić information content (AvgIpc) is 2.42. The van der Waals surface area contributed by atoms with Crippen LogP contribution < -0.4 is 4.90 Å². The van der Waals surface area contributed by atoms with Crippen LogP contribution in [0.5, 0.6) is 0 Å². The van der Waals surface area contributed by atoms with E-state index in [1.165, 1.54) is 13.3 Å². The van der Waals surface area contributed by atoms with Gasteiger partial charge in [0.1, 0.15) is 17.2 Å². The van der Waals surface area contributed by atoms with Gasteiger partial charge in [-0.1, -0.05) is 0 Å². The van der Waals surface area contributed by atoms with E-state index in [-0.39, 0.29) is 0 Å². The summed E-state index contributed by atoms with van der Waals surface area (Å²) >= 11 is 1.81. The third kappa shape index (κ3) is 4.09. The van der Waals surface area contributed by atoms with Gasteiger partial charge in [-0.05, 0) is 32.3 Å². The first-order chi connectivity index (χ1) is 9.01. The van der Waals surface area contributed by atoms with Gasteiger partial charge in [-0.3, -0.25) is 0 Å². The Labute approximate surface area is 118 Å². The Kier molecular flexibility index (Phi) is 6.08. The molecular formula is C13H21N3O2S. The fourth-order valence-corrected chi connectivity index (χ4v) is 2.25. The number of nitrogens with zero attached hydrogens (tertiary/aromatic N) is 3. The number of carbonyl (C=O) groups excluding carboxylic acids is 1. The third-order valence-corrected chi connectivity index (χ3v) is 3.67. The topological polar surface area (TPSA) is 55.3 Å². The quantitative estimate of drug-likeness (QED) is 0.746. The molecule has 0 fully saturated rings. The molecule has 1 atom stereocenters. The number of esters is 1. The smallest absolute Gasteiger partial charge is 0.343 e. The van der Waals surface area contributed by atoms with Gasteiger partial charge in [0, 0.05) is 19.3 Å². The van der Waals surface area contributed by atoms with E-state index in [1.54, 1.807) is 0 Å². The summed E-state index contributed by atoms with van der Waals surface area (Å²) in [5.41, 5.74) is 0.409. The van der Waals surface area contributed by atoms with Crippen LogP contribution >= 0.6 is 11.8 Å². The highest BCUT2D eigenvalue weighted by Crippen LogP contribution is 2.20. The zero-order valence-electron chi connectivity index (χ0n) is 12.1. The van der Waals surface area contributed by atoms with Crippen molar-refractivity contribution in [3.05, 3.63) is 17.6 Å². The number of aromatic nitrogens is 2. The second kappa shape index (κ2) is 7.33. The minimum atomic E-state index is -0.404. The maximum atomic E-state index is 11.8. The van der Waals surface area contributed by atoms with Gasteiger partial charge in [-0.25, -0.2) is 14.8 Å². The molecule has 1 aromatic heterocycles. The van der Waals surface area contributed by atoms with Crippen LogP contribution in [0.3, 0.4) is 0 Å². The summed E-state index contributed by atoms with van der Waals surface area (Å²) in [6.07, 6.45) is 4.64. The molecule has 106 valence electrons. The van der Waals surface area contributed by atoms with Crippen LogP contribution in [0.4, 0.5) is 5.82 Å². The molecular weight excluding hydrogens is 262 g/mol. The predicted molar refractivity (Wildman–Crippen MR) is 79.0 cm³/mol. The molecule has 0 N–H and O–H groups in total. The summed E-state index contributed by atoms with van der Waals surface area (Å²) in [7, 11) is 3.31. The minimum Gasteiger partial charge on any atom is -0.465 e. The maximum absolute atomic E-state index is 11.8. The van der Waals surface area contributed by atoms with Gasteiger partial charge in [-0.15, -0.1) is 0 Å². The van der Waals surface area contributed by atoms with Crippen molar-refractivity contribution in [1.82, 2.24) is 9.97 Å². The number of thioether (sulfide) groups is 1. The normalized spacial score (nSPS) is 12.1. The minimum absolute atomic E-state index is 0.296. The van der Waals surface area contributed by atoms with E-state index in [1.807, 2.05) is 30.6 Å². The molecule has 0 aliphatic rings. The molecule has 1 heterocycles. The van der Waals surface area contributed by atoms with Crippen molar-refractivity contribution in [2.45, 2.75) is 26.3 Å². The van der Waals surface area contributed by atoms with Gasteiger partial charge in [0.05, 0.1) is 7.11 Å². The number of hydrogen-bond donors (Lipinski definition) is 0. The molecule has 6 heteroatoms. The summed E-state index contributed by atoms with van der Waals surface area (Å²) < 4.78 is 4.78. The van der Waals surface area contributed by atoms with Crippen molar-refractivity contribution in [2.75, 3.05) is 31.1 Å². The zero-order valence-corrected chi connectivity index (χ0v) is 13.0. The summed E-state index contributed by atoms with van der Waals surface area (Å²) in [6, 6.07) is 0.296. The zero-order chi connectivity index (χ0) is 14.4. The molecule has 1 rings (SSSR count). The molecule has 0 saturated carbocycles. The van der Waals surface area contributed by atoms with Gasteiger partial charge < -0.3 is 9.64 Å². The third-order valence-electron chi connectivity index (χ3n) is 3.03. The second-order valence-electron chi connectivity index (χ2n) is 4.39. The van der Waals surface area contributed by atoms with Crippen molar-refractivity contribution in [1.29, 1.82) is 0 Å². The van der Waals surface area contributed by atoms with Gasteiger partial charge in [0.2, 0.25) is 0 Å². The Morgan fingerprint density at radius 3 is 2.84 bits per heavy atom. The lowest BCUT2D eigenvalue weighted by Gasteiger charge is -2.27. The molecule has 0 aliphatic carbocycles. The van der Waals surface area contributed by atoms with E-state index in [2.05, 4.69) is 23.1 Å². The molecule has 0 radical (unpaired) electrons. The number of rotatable bonds is 6. The highest BCUT2D eigenvalue weighted by atomic mass is 32.2. The molecule has 1 aromatic rings. The molecule has 0 aromatic carbocycles. The van der Waals surface area contributed by atoms with Crippen molar-refractivity contribution in [3.63, 3.8) is 0 Å². The average molecular weight is 283 g/mol. The number of methoxy groups -OCH3 is 1. The van der Waals surface area contributed by atoms with Crippen LogP contribution in [0, 0.1) is 6.92 Å². The highest BCUT2D eigenvalue weighted by molar-refractivity contribution is 7.98. The van der Waals surface area contributed by atoms with Crippen molar-refractivity contribution >= 4 is 23.5 Å². The highest BCUT2D eigenvalue weighted by Gasteiger charge is 2.20. The van der Waals surface area contributed by atoms with E-state index >= 15 is 0 Å². The lowest BCUT2D eigenvalue weighted by Crippen LogP contribution is -2.32. The van der Waals surface area contributed by atoms with E-state index in [4.69, 9.17) is 4.74 Å². The Balaban J connectivity index is 3.02. The van der Waals surface area contributed by atoms with Gasteiger partial charge in [0.15, 0.2) is 0 Å². The van der Waals surface area contributed by atoms with Crippen LogP contribution in [0.25, 0.3) is 0 Å². The monoisotopic (exact) mass is 283 g/mol. The Morgan fingerprint density at radius 1 is 1.58 bits per heavy atom. The first-order valence-electron chi connectivity index (χ1n) is 6.15. The molecule has 0 spiro atoms. The van der Waals surface area contributed by atoms with Crippen LogP contribution in [0.15, 0.2) is 6.20 Å². The molecule has 5 nitrogen and oxygen atoms in total. The largest absolute Gasteiger partial charge is 0.465 e. The van der Waals surface area contributed by atoms with Crippen LogP contribution in [0.2, 0.25) is 0 Å². The number of hydrogen-bond acceptors (Lipinski definition) is 6. The molecule has 0 bridgehead atoms. The summed E-state index contributed by atoms with van der Waals surface area (Å²) in [6.45, 7) is 3.93. The van der Waals surface area contributed by atoms with Gasteiger partial charge >= 0.3 is 5.97 Å². The predicted octanol–water partition coefficient (Wildman–Crippen LogP) is 2.15. The van der Waals surface area contributed by atoms with Crippen molar-refractivity contribution in [3.8, 4) is 0 Å². The number of ether oxygens (including phenoxy) is 1. The molecule has 0 aliphatic heterocycles. The fraction of sp³-hybridized carbons (Fsp3) is 0.615. The Bertz CT molecular complexity index is 440. The van der Waals surface area contributed by atoms with E-state index in [0.29, 0.717) is 23.2 Å². The van der Waals surface area contributed by atoms with Crippen LogP contribution in [0.1, 0.15) is 29.5 Å². The lowest BCUT2D eigenvalue weighted by atomic mass is 10.2. The molecule has 1 unspecified atom stereocenters. The summed E-state index contributed by atoms with van der Waals surface area (Å²) in [5.74, 6) is 1.95. The maximum Gasteiger partial charge on any atom is 0.343 e. The Morgan fingerprint density at radius 2 is 2.26 bits per heavy atom. The lowest BCUT2D eigenvalue weighted by molar-refractivity contribution is 0.0600. The molecule has 0 amide bonds. The SMILES string of the molecule is COC(=O)c1cnc(C)nc1N(C)C(C)CCSC. The number of carbonyl (C=O) groups is 1. The van der Waals surface area contributed by atoms with E-state index in [0.717, 1.165) is 12.2 Å². The van der Waals surface area contributed by atoms with E-state index in [9.17, 15) is 4.79 Å². The number of anilines is 1. The van der Waals surface area contributed by atoms with E-state index < -0.39 is 5.97 Å². The van der Waals surface area contributed by atoms with Crippen molar-refractivity contribution in [2.24, 2.45) is 0 Å². The second-order valence-corrected chi connectivity index (χ2v) is 5.37. The number of aryl methyl sites for hydroxylation is 1. The molecule has 0 saturated heterocycles. The first kappa shape index (κ1) is 15.8. The van der Waals surface area contributed by atoms with Crippen molar-refractivity contribution < 1.29 is 9.53 Å². The summed E-state index contributed by atoms with van der Waals surface area (Å²) in [5, 5.41) is 0. The summed E-state index contributed by atoms with van der Waals surface area (Å²) in [4.78, 5) is 22.2. The molecule has 19 heavy (non-hydrogen) atoms. The Hall–Kier alpha value is -1.30. The fourth-order valence-electron chi connectivity index (χ4n) is 1.67. The standard InChI is InChI=1S/C13H21N3O2S/c1-9(6-7-19-5)16(3)12-11(13(17)18-4)8-14-10(2)15-12/h8-9H,6-7H2,1-5H3.